The monoisotopic (exact) mass is 282 g/mol. The Hall–Kier alpha value is -1.78. The molecule has 18 heavy (non-hydrogen) atoms. The van der Waals surface area contributed by atoms with Crippen LogP contribution < -0.4 is 5.32 Å². The summed E-state index contributed by atoms with van der Waals surface area (Å²) in [5.41, 5.74) is 0.771. The highest BCUT2D eigenvalue weighted by atomic mass is 35.5. The summed E-state index contributed by atoms with van der Waals surface area (Å²) in [6.45, 7) is 0. The second-order valence-electron chi connectivity index (χ2n) is 3.51. The van der Waals surface area contributed by atoms with Crippen LogP contribution in [0.3, 0.4) is 0 Å². The minimum absolute atomic E-state index is 0.0681. The molecule has 0 spiro atoms. The highest BCUT2D eigenvalue weighted by Crippen LogP contribution is 2.18. The van der Waals surface area contributed by atoms with Gasteiger partial charge in [0.25, 0.3) is 5.91 Å². The summed E-state index contributed by atoms with van der Waals surface area (Å²) in [6, 6.07) is 9.04. The third kappa shape index (κ3) is 3.12. The molecule has 0 atom stereocenters. The zero-order valence-electron chi connectivity index (χ0n) is 9.02. The fourth-order valence-corrected chi connectivity index (χ4v) is 1.84. The fraction of sp³-hybridized carbons (Fsp3) is 0. The van der Waals surface area contributed by atoms with Gasteiger partial charge in [-0.1, -0.05) is 29.3 Å². The SMILES string of the molecule is O=C(Nc1cccc(O)c1)c1cc(Cl)nc(Cl)c1. The van der Waals surface area contributed by atoms with Gasteiger partial charge in [0.05, 0.1) is 0 Å². The molecule has 0 fully saturated rings. The van der Waals surface area contributed by atoms with E-state index in [0.29, 0.717) is 11.3 Å². The van der Waals surface area contributed by atoms with E-state index in [2.05, 4.69) is 10.3 Å². The summed E-state index contributed by atoms with van der Waals surface area (Å²) in [4.78, 5) is 15.6. The maximum absolute atomic E-state index is 11.9. The third-order valence-corrected chi connectivity index (χ3v) is 2.52. The number of hydrogen-bond acceptors (Lipinski definition) is 3. The van der Waals surface area contributed by atoms with Crippen LogP contribution in [0.5, 0.6) is 5.75 Å². The zero-order valence-corrected chi connectivity index (χ0v) is 10.5. The molecule has 1 aromatic carbocycles. The number of amides is 1. The normalized spacial score (nSPS) is 10.1. The van der Waals surface area contributed by atoms with E-state index in [0.717, 1.165) is 0 Å². The third-order valence-electron chi connectivity index (χ3n) is 2.13. The molecule has 0 unspecified atom stereocenters. The quantitative estimate of drug-likeness (QED) is 0.831. The first-order chi connectivity index (χ1) is 8.54. The molecule has 0 bridgehead atoms. The lowest BCUT2D eigenvalue weighted by Gasteiger charge is -2.06. The van der Waals surface area contributed by atoms with Gasteiger partial charge in [0, 0.05) is 17.3 Å². The van der Waals surface area contributed by atoms with Crippen molar-refractivity contribution in [3.63, 3.8) is 0 Å². The second-order valence-corrected chi connectivity index (χ2v) is 4.28. The summed E-state index contributed by atoms with van der Waals surface area (Å²) in [5.74, 6) is -0.314. The Balaban J connectivity index is 2.22. The molecule has 2 N–H and O–H groups in total. The van der Waals surface area contributed by atoms with Gasteiger partial charge in [0.2, 0.25) is 0 Å². The number of carbonyl (C=O) groups is 1. The van der Waals surface area contributed by atoms with E-state index in [-0.39, 0.29) is 22.0 Å². The fourth-order valence-electron chi connectivity index (χ4n) is 1.38. The van der Waals surface area contributed by atoms with Crippen molar-refractivity contribution in [2.24, 2.45) is 0 Å². The van der Waals surface area contributed by atoms with Crippen LogP contribution in [0.25, 0.3) is 0 Å². The molecule has 4 nitrogen and oxygen atoms in total. The van der Waals surface area contributed by atoms with E-state index in [4.69, 9.17) is 23.2 Å². The van der Waals surface area contributed by atoms with E-state index in [9.17, 15) is 9.90 Å². The van der Waals surface area contributed by atoms with Crippen LogP contribution in [-0.4, -0.2) is 16.0 Å². The minimum atomic E-state index is -0.383. The Bertz CT molecular complexity index is 582. The van der Waals surface area contributed by atoms with Crippen LogP contribution in [0, 0.1) is 0 Å². The highest BCUT2D eigenvalue weighted by molar-refractivity contribution is 6.33. The summed E-state index contributed by atoms with van der Waals surface area (Å²) in [7, 11) is 0. The molecule has 0 aliphatic rings. The molecule has 0 radical (unpaired) electrons. The molecular formula is C12H8Cl2N2O2. The smallest absolute Gasteiger partial charge is 0.255 e. The van der Waals surface area contributed by atoms with E-state index < -0.39 is 0 Å². The lowest BCUT2D eigenvalue weighted by Crippen LogP contribution is -2.12. The van der Waals surface area contributed by atoms with Crippen LogP contribution in [0.1, 0.15) is 10.4 Å². The average molecular weight is 283 g/mol. The van der Waals surface area contributed by atoms with Crippen molar-refractivity contribution in [1.29, 1.82) is 0 Å². The van der Waals surface area contributed by atoms with E-state index in [1.807, 2.05) is 0 Å². The van der Waals surface area contributed by atoms with Crippen LogP contribution in [0.2, 0.25) is 10.3 Å². The Morgan fingerprint density at radius 1 is 1.17 bits per heavy atom. The molecule has 0 aliphatic carbocycles. The van der Waals surface area contributed by atoms with Gasteiger partial charge in [-0.05, 0) is 24.3 Å². The second kappa shape index (κ2) is 5.25. The Kier molecular flexibility index (Phi) is 3.69. The van der Waals surface area contributed by atoms with Gasteiger partial charge < -0.3 is 10.4 Å². The molecule has 1 amide bonds. The molecule has 1 aromatic heterocycles. The molecule has 0 aliphatic heterocycles. The van der Waals surface area contributed by atoms with Crippen molar-refractivity contribution in [2.75, 3.05) is 5.32 Å². The lowest BCUT2D eigenvalue weighted by atomic mass is 10.2. The van der Waals surface area contributed by atoms with Crippen LogP contribution >= 0.6 is 23.2 Å². The number of aromatic hydroxyl groups is 1. The number of rotatable bonds is 2. The van der Waals surface area contributed by atoms with Crippen molar-refractivity contribution in [3.05, 3.63) is 52.3 Å². The molecule has 2 aromatic rings. The maximum atomic E-state index is 11.9. The number of halogens is 2. The number of phenols is 1. The number of aromatic nitrogens is 1. The Morgan fingerprint density at radius 3 is 2.44 bits per heavy atom. The first-order valence-electron chi connectivity index (χ1n) is 4.98. The number of anilines is 1. The number of nitrogens with one attached hydrogen (secondary N) is 1. The lowest BCUT2D eigenvalue weighted by molar-refractivity contribution is 0.102. The molecule has 1 heterocycles. The molecule has 0 saturated heterocycles. The first kappa shape index (κ1) is 12.7. The van der Waals surface area contributed by atoms with E-state index >= 15 is 0 Å². The van der Waals surface area contributed by atoms with E-state index in [1.54, 1.807) is 12.1 Å². The molecule has 92 valence electrons. The van der Waals surface area contributed by atoms with E-state index in [1.165, 1.54) is 24.3 Å². The molecular weight excluding hydrogens is 275 g/mol. The standard InChI is InChI=1S/C12H8Cl2N2O2/c13-10-4-7(5-11(14)16-10)12(18)15-8-2-1-3-9(17)6-8/h1-6,17H,(H,15,18). The van der Waals surface area contributed by atoms with Gasteiger partial charge >= 0.3 is 0 Å². The van der Waals surface area contributed by atoms with Crippen molar-refractivity contribution < 1.29 is 9.90 Å². The molecule has 6 heteroatoms. The molecule has 0 saturated carbocycles. The van der Waals surface area contributed by atoms with Gasteiger partial charge in [-0.2, -0.15) is 0 Å². The number of hydrogen-bond donors (Lipinski definition) is 2. The average Bonchev–Trinajstić information content (AvgIpc) is 2.27. The summed E-state index contributed by atoms with van der Waals surface area (Å²) in [5, 5.41) is 12.2. The van der Waals surface area contributed by atoms with Gasteiger partial charge in [-0.15, -0.1) is 0 Å². The number of nitrogens with zero attached hydrogens (tertiary/aromatic N) is 1. The van der Waals surface area contributed by atoms with Crippen LogP contribution in [-0.2, 0) is 0 Å². The minimum Gasteiger partial charge on any atom is -0.508 e. The Morgan fingerprint density at radius 2 is 1.83 bits per heavy atom. The highest BCUT2D eigenvalue weighted by Gasteiger charge is 2.09. The summed E-state index contributed by atoms with van der Waals surface area (Å²) in [6.07, 6.45) is 0. The van der Waals surface area contributed by atoms with Gasteiger partial charge in [0.15, 0.2) is 0 Å². The predicted molar refractivity (Wildman–Crippen MR) is 70.3 cm³/mol. The summed E-state index contributed by atoms with van der Waals surface area (Å²) >= 11 is 11.4. The number of phenolic OH excluding ortho intramolecular Hbond substituents is 1. The number of carbonyl (C=O) groups excluding carboxylic acids is 1. The van der Waals surface area contributed by atoms with Crippen LogP contribution in [0.4, 0.5) is 5.69 Å². The maximum Gasteiger partial charge on any atom is 0.255 e. The van der Waals surface area contributed by atoms with Crippen molar-refractivity contribution in [1.82, 2.24) is 4.98 Å². The zero-order chi connectivity index (χ0) is 13.1. The van der Waals surface area contributed by atoms with Gasteiger partial charge in [0.1, 0.15) is 16.1 Å². The Labute approximate surface area is 113 Å². The van der Waals surface area contributed by atoms with Crippen molar-refractivity contribution in [2.45, 2.75) is 0 Å². The van der Waals surface area contributed by atoms with Gasteiger partial charge in [-0.3, -0.25) is 4.79 Å². The van der Waals surface area contributed by atoms with Crippen molar-refractivity contribution in [3.8, 4) is 5.75 Å². The summed E-state index contributed by atoms with van der Waals surface area (Å²) < 4.78 is 0. The van der Waals surface area contributed by atoms with Gasteiger partial charge in [-0.25, -0.2) is 4.98 Å². The first-order valence-corrected chi connectivity index (χ1v) is 5.73. The number of pyridine rings is 1. The van der Waals surface area contributed by atoms with Crippen LogP contribution in [0.15, 0.2) is 36.4 Å². The largest absolute Gasteiger partial charge is 0.508 e. The predicted octanol–water partition coefficient (Wildman–Crippen LogP) is 3.35. The molecule has 2 rings (SSSR count). The number of benzene rings is 1. The topological polar surface area (TPSA) is 62.2 Å². The van der Waals surface area contributed by atoms with Crippen molar-refractivity contribution >= 4 is 34.8 Å².